The van der Waals surface area contributed by atoms with Crippen molar-refractivity contribution in [1.29, 1.82) is 0 Å². The summed E-state index contributed by atoms with van der Waals surface area (Å²) in [5.74, 6) is -1.99. The van der Waals surface area contributed by atoms with E-state index in [-0.39, 0.29) is 21.5 Å². The van der Waals surface area contributed by atoms with Crippen molar-refractivity contribution in [2.75, 3.05) is 0 Å². The zero-order chi connectivity index (χ0) is 16.2. The molecular weight excluding hydrogens is 319 g/mol. The molecule has 1 aromatic carbocycles. The smallest absolute Gasteiger partial charge is 0.340 e. The van der Waals surface area contributed by atoms with E-state index in [1.807, 2.05) is 5.32 Å². The van der Waals surface area contributed by atoms with Gasteiger partial charge in [-0.15, -0.1) is 0 Å². The largest absolute Gasteiger partial charge is 0.448 e. The van der Waals surface area contributed by atoms with Gasteiger partial charge < -0.3 is 10.5 Å². The predicted octanol–water partition coefficient (Wildman–Crippen LogP) is 2.37. The number of nitrogens with two attached hydrogens (primary N) is 1. The average Bonchev–Trinajstić information content (AvgIpc) is 2.37. The highest BCUT2D eigenvalue weighted by Gasteiger charge is 2.28. The molecule has 0 unspecified atom stereocenters. The molecule has 0 heterocycles. The number of ether oxygens (including phenoxy) is 1. The van der Waals surface area contributed by atoms with E-state index in [4.69, 9.17) is 33.7 Å². The van der Waals surface area contributed by atoms with E-state index < -0.39 is 24.0 Å². The number of imide groups is 1. The number of carbonyl (C=O) groups is 3. The lowest BCUT2D eigenvalue weighted by Gasteiger charge is -2.20. The summed E-state index contributed by atoms with van der Waals surface area (Å²) >= 11 is 11.7. The molecule has 0 spiro atoms. The molecule has 1 rings (SSSR count). The van der Waals surface area contributed by atoms with Gasteiger partial charge >= 0.3 is 12.0 Å². The van der Waals surface area contributed by atoms with Crippen molar-refractivity contribution in [2.45, 2.75) is 20.0 Å². The maximum Gasteiger partial charge on any atom is 0.340 e. The Labute approximate surface area is 131 Å². The van der Waals surface area contributed by atoms with Crippen LogP contribution in [0.25, 0.3) is 0 Å². The molecule has 0 aliphatic heterocycles. The Bertz CT molecular complexity index is 575. The van der Waals surface area contributed by atoms with E-state index in [2.05, 4.69) is 0 Å². The topological polar surface area (TPSA) is 98.5 Å². The molecule has 6 nitrogen and oxygen atoms in total. The number of primary amides is 1. The van der Waals surface area contributed by atoms with Crippen molar-refractivity contribution in [2.24, 2.45) is 11.7 Å². The molecule has 0 fully saturated rings. The first-order valence-electron chi connectivity index (χ1n) is 5.99. The van der Waals surface area contributed by atoms with Crippen LogP contribution in [0.4, 0.5) is 4.79 Å². The number of hydrogen-bond donors (Lipinski definition) is 2. The average molecular weight is 333 g/mol. The number of halogens is 2. The zero-order valence-electron chi connectivity index (χ0n) is 11.4. The van der Waals surface area contributed by atoms with E-state index in [1.165, 1.54) is 18.2 Å². The van der Waals surface area contributed by atoms with Crippen molar-refractivity contribution >= 4 is 41.1 Å². The van der Waals surface area contributed by atoms with Crippen LogP contribution in [0.5, 0.6) is 0 Å². The van der Waals surface area contributed by atoms with E-state index in [0.29, 0.717) is 0 Å². The highest BCUT2D eigenvalue weighted by Crippen LogP contribution is 2.26. The van der Waals surface area contributed by atoms with Crippen molar-refractivity contribution in [3.63, 3.8) is 0 Å². The molecule has 0 aromatic heterocycles. The Morgan fingerprint density at radius 1 is 1.24 bits per heavy atom. The minimum absolute atomic E-state index is 0.0293. The van der Waals surface area contributed by atoms with Gasteiger partial charge in [0.05, 0.1) is 15.6 Å². The molecule has 0 saturated carbocycles. The van der Waals surface area contributed by atoms with Gasteiger partial charge in [0.2, 0.25) is 0 Å². The molecule has 1 atom stereocenters. The normalized spacial score (nSPS) is 11.9. The monoisotopic (exact) mass is 332 g/mol. The Kier molecular flexibility index (Phi) is 5.99. The number of hydrogen-bond acceptors (Lipinski definition) is 4. The first kappa shape index (κ1) is 17.3. The molecule has 0 radical (unpaired) electrons. The van der Waals surface area contributed by atoms with Gasteiger partial charge in [-0.1, -0.05) is 43.1 Å². The molecule has 8 heteroatoms. The summed E-state index contributed by atoms with van der Waals surface area (Å²) in [7, 11) is 0. The van der Waals surface area contributed by atoms with Crippen LogP contribution in [-0.4, -0.2) is 24.0 Å². The number of carbonyl (C=O) groups excluding carboxylic acids is 3. The van der Waals surface area contributed by atoms with Gasteiger partial charge in [-0.2, -0.15) is 0 Å². The maximum atomic E-state index is 12.1. The van der Waals surface area contributed by atoms with Gasteiger partial charge in [-0.3, -0.25) is 10.1 Å². The summed E-state index contributed by atoms with van der Waals surface area (Å²) in [4.78, 5) is 34.5. The predicted molar refractivity (Wildman–Crippen MR) is 78.2 cm³/mol. The van der Waals surface area contributed by atoms with Crippen molar-refractivity contribution in [3.05, 3.63) is 33.8 Å². The van der Waals surface area contributed by atoms with E-state index in [1.54, 1.807) is 13.8 Å². The molecule has 0 saturated heterocycles. The molecule has 0 aliphatic carbocycles. The molecular formula is C13H14Cl2N2O4. The Hall–Kier alpha value is -1.79. The molecule has 3 amide bonds. The number of nitrogens with one attached hydrogen (secondary N) is 1. The van der Waals surface area contributed by atoms with Crippen LogP contribution >= 0.6 is 23.2 Å². The van der Waals surface area contributed by atoms with Gasteiger partial charge in [0.25, 0.3) is 5.91 Å². The van der Waals surface area contributed by atoms with E-state index >= 15 is 0 Å². The fourth-order valence-electron chi connectivity index (χ4n) is 1.53. The van der Waals surface area contributed by atoms with Crippen LogP contribution in [0.15, 0.2) is 18.2 Å². The SMILES string of the molecule is CC(C)[C@H](OC(=O)c1cccc(Cl)c1Cl)C(=O)NC(N)=O. The Balaban J connectivity index is 2.94. The maximum absolute atomic E-state index is 12.1. The van der Waals surface area contributed by atoms with Crippen LogP contribution in [0.1, 0.15) is 24.2 Å². The molecule has 21 heavy (non-hydrogen) atoms. The molecule has 3 N–H and O–H groups in total. The lowest BCUT2D eigenvalue weighted by atomic mass is 10.1. The van der Waals surface area contributed by atoms with Crippen molar-refractivity contribution in [1.82, 2.24) is 5.32 Å². The van der Waals surface area contributed by atoms with Gasteiger partial charge in [0.1, 0.15) is 0 Å². The number of urea groups is 1. The third-order valence-electron chi connectivity index (χ3n) is 2.52. The minimum Gasteiger partial charge on any atom is -0.448 e. The first-order valence-corrected chi connectivity index (χ1v) is 6.75. The molecule has 0 bridgehead atoms. The summed E-state index contributed by atoms with van der Waals surface area (Å²) in [5.41, 5.74) is 4.90. The summed E-state index contributed by atoms with van der Waals surface area (Å²) < 4.78 is 5.09. The van der Waals surface area contributed by atoms with Gasteiger partial charge in [0.15, 0.2) is 6.10 Å². The first-order chi connectivity index (χ1) is 9.73. The van der Waals surface area contributed by atoms with Crippen LogP contribution in [0.3, 0.4) is 0 Å². The quantitative estimate of drug-likeness (QED) is 0.827. The van der Waals surface area contributed by atoms with Crippen LogP contribution in [-0.2, 0) is 9.53 Å². The van der Waals surface area contributed by atoms with Gasteiger partial charge in [-0.05, 0) is 18.1 Å². The third-order valence-corrected chi connectivity index (χ3v) is 3.33. The van der Waals surface area contributed by atoms with E-state index in [0.717, 1.165) is 0 Å². The minimum atomic E-state index is -1.18. The number of benzene rings is 1. The highest BCUT2D eigenvalue weighted by molar-refractivity contribution is 6.43. The van der Waals surface area contributed by atoms with Crippen LogP contribution < -0.4 is 11.1 Å². The zero-order valence-corrected chi connectivity index (χ0v) is 12.9. The van der Waals surface area contributed by atoms with Gasteiger partial charge in [-0.25, -0.2) is 9.59 Å². The van der Waals surface area contributed by atoms with Gasteiger partial charge in [0, 0.05) is 0 Å². The second-order valence-corrected chi connectivity index (χ2v) is 5.31. The molecule has 114 valence electrons. The highest BCUT2D eigenvalue weighted by atomic mass is 35.5. The fraction of sp³-hybridized carbons (Fsp3) is 0.308. The lowest BCUT2D eigenvalue weighted by Crippen LogP contribution is -2.45. The Morgan fingerprint density at radius 3 is 2.38 bits per heavy atom. The summed E-state index contributed by atoms with van der Waals surface area (Å²) in [6.07, 6.45) is -1.18. The third kappa shape index (κ3) is 4.61. The number of rotatable bonds is 4. The summed E-state index contributed by atoms with van der Waals surface area (Å²) in [6.45, 7) is 3.30. The number of amides is 3. The summed E-state index contributed by atoms with van der Waals surface area (Å²) in [5, 5.41) is 2.09. The molecule has 1 aromatic rings. The standard InChI is InChI=1S/C13H14Cl2N2O4/c1-6(2)10(11(18)17-13(16)20)21-12(19)7-4-3-5-8(14)9(7)15/h3-6,10H,1-2H3,(H3,16,17,18,20)/t10-/m0/s1. The van der Waals surface area contributed by atoms with Crippen molar-refractivity contribution in [3.8, 4) is 0 Å². The van der Waals surface area contributed by atoms with Crippen LogP contribution in [0.2, 0.25) is 10.0 Å². The van der Waals surface area contributed by atoms with Crippen molar-refractivity contribution < 1.29 is 19.1 Å². The Morgan fingerprint density at radius 2 is 1.86 bits per heavy atom. The second-order valence-electron chi connectivity index (χ2n) is 4.52. The van der Waals surface area contributed by atoms with E-state index in [9.17, 15) is 14.4 Å². The number of esters is 1. The van der Waals surface area contributed by atoms with Crippen LogP contribution in [0, 0.1) is 5.92 Å². The fourth-order valence-corrected chi connectivity index (χ4v) is 1.90. The summed E-state index contributed by atoms with van der Waals surface area (Å²) in [6, 6.07) is 3.43. The molecule has 0 aliphatic rings. The lowest BCUT2D eigenvalue weighted by molar-refractivity contribution is -0.130. The second kappa shape index (κ2) is 7.28.